The van der Waals surface area contributed by atoms with Gasteiger partial charge >= 0.3 is 0 Å². The number of nitrogens with two attached hydrogens (primary N) is 1. The highest BCUT2D eigenvalue weighted by molar-refractivity contribution is 7.89. The number of benzene rings is 1. The van der Waals surface area contributed by atoms with Crippen LogP contribution in [-0.4, -0.2) is 14.5 Å². The maximum absolute atomic E-state index is 12.4. The van der Waals surface area contributed by atoms with E-state index < -0.39 is 10.0 Å². The zero-order valence-corrected chi connectivity index (χ0v) is 13.2. The lowest BCUT2D eigenvalue weighted by Crippen LogP contribution is -2.34. The Bertz CT molecular complexity index is 722. The molecule has 0 bridgehead atoms. The van der Waals surface area contributed by atoms with Crippen LogP contribution >= 0.6 is 0 Å². The Morgan fingerprint density at radius 2 is 1.95 bits per heavy atom. The molecule has 21 heavy (non-hydrogen) atoms. The van der Waals surface area contributed by atoms with Crippen molar-refractivity contribution in [3.05, 3.63) is 47.4 Å². The molecule has 6 heteroatoms. The molecule has 2 rings (SSSR count). The highest BCUT2D eigenvalue weighted by Gasteiger charge is 2.21. The summed E-state index contributed by atoms with van der Waals surface area (Å²) >= 11 is 0. The lowest BCUT2D eigenvalue weighted by molar-refractivity contribution is 0.479. The van der Waals surface area contributed by atoms with E-state index in [9.17, 15) is 8.42 Å². The summed E-state index contributed by atoms with van der Waals surface area (Å²) in [5, 5.41) is 0. The van der Waals surface area contributed by atoms with Gasteiger partial charge in [0.2, 0.25) is 10.0 Å². The van der Waals surface area contributed by atoms with Crippen LogP contribution in [0.1, 0.15) is 23.8 Å². The third-order valence-electron chi connectivity index (χ3n) is 3.36. The Morgan fingerprint density at radius 3 is 2.57 bits per heavy atom. The van der Waals surface area contributed by atoms with Gasteiger partial charge in [-0.25, -0.2) is 13.1 Å². The molecule has 5 nitrogen and oxygen atoms in total. The smallest absolute Gasteiger partial charge is 0.242 e. The lowest BCUT2D eigenvalue weighted by atomic mass is 10.1. The highest BCUT2D eigenvalue weighted by atomic mass is 32.2. The first-order valence-electron chi connectivity index (χ1n) is 6.71. The molecular formula is C15H20N2O3S. The molecule has 1 heterocycles. The molecule has 0 spiro atoms. The van der Waals surface area contributed by atoms with Gasteiger partial charge in [-0.05, 0) is 56.2 Å². The van der Waals surface area contributed by atoms with E-state index in [-0.39, 0.29) is 16.6 Å². The van der Waals surface area contributed by atoms with Gasteiger partial charge in [0.1, 0.15) is 10.7 Å². The zero-order valence-electron chi connectivity index (χ0n) is 12.4. The van der Waals surface area contributed by atoms with Crippen molar-refractivity contribution in [1.29, 1.82) is 0 Å². The van der Waals surface area contributed by atoms with Crippen molar-refractivity contribution in [3.63, 3.8) is 0 Å². The largest absolute Gasteiger partial charge is 0.469 e. The molecule has 0 saturated heterocycles. The van der Waals surface area contributed by atoms with Gasteiger partial charge in [-0.15, -0.1) is 0 Å². The van der Waals surface area contributed by atoms with Crippen LogP contribution in [0, 0.1) is 13.8 Å². The SMILES string of the molecule is Cc1cc(N)c(S(=O)(=O)NC(C)Cc2ccco2)cc1C. The van der Waals surface area contributed by atoms with Crippen molar-refractivity contribution >= 4 is 15.7 Å². The summed E-state index contributed by atoms with van der Waals surface area (Å²) in [5.74, 6) is 0.734. The van der Waals surface area contributed by atoms with E-state index in [4.69, 9.17) is 10.2 Å². The second kappa shape index (κ2) is 5.91. The van der Waals surface area contributed by atoms with Crippen molar-refractivity contribution in [2.75, 3.05) is 5.73 Å². The average Bonchev–Trinajstić information content (AvgIpc) is 2.85. The molecule has 114 valence electrons. The fourth-order valence-electron chi connectivity index (χ4n) is 2.15. The highest BCUT2D eigenvalue weighted by Crippen LogP contribution is 2.23. The minimum atomic E-state index is -3.65. The normalized spacial score (nSPS) is 13.3. The lowest BCUT2D eigenvalue weighted by Gasteiger charge is -2.15. The summed E-state index contributed by atoms with van der Waals surface area (Å²) < 4.78 is 32.7. The van der Waals surface area contributed by atoms with Gasteiger partial charge in [-0.3, -0.25) is 0 Å². The molecule has 0 radical (unpaired) electrons. The summed E-state index contributed by atoms with van der Waals surface area (Å²) in [5.41, 5.74) is 7.97. The topological polar surface area (TPSA) is 85.3 Å². The van der Waals surface area contributed by atoms with Crippen LogP contribution in [0.2, 0.25) is 0 Å². The number of anilines is 1. The molecule has 0 aliphatic heterocycles. The van der Waals surface area contributed by atoms with E-state index in [2.05, 4.69) is 4.72 Å². The Labute approximate surface area is 125 Å². The second-order valence-electron chi connectivity index (χ2n) is 5.28. The quantitative estimate of drug-likeness (QED) is 0.831. The third-order valence-corrected chi connectivity index (χ3v) is 5.00. The molecule has 1 aromatic heterocycles. The summed E-state index contributed by atoms with van der Waals surface area (Å²) in [6, 6.07) is 6.59. The third kappa shape index (κ3) is 3.65. The van der Waals surface area contributed by atoms with E-state index in [0.717, 1.165) is 16.9 Å². The van der Waals surface area contributed by atoms with Crippen molar-refractivity contribution in [1.82, 2.24) is 4.72 Å². The van der Waals surface area contributed by atoms with Crippen molar-refractivity contribution in [2.24, 2.45) is 0 Å². The van der Waals surface area contributed by atoms with Gasteiger partial charge in [-0.2, -0.15) is 0 Å². The average molecular weight is 308 g/mol. The molecule has 1 unspecified atom stereocenters. The van der Waals surface area contributed by atoms with Crippen molar-refractivity contribution in [2.45, 2.75) is 38.1 Å². The number of aryl methyl sites for hydroxylation is 2. The van der Waals surface area contributed by atoms with Crippen LogP contribution in [0.15, 0.2) is 39.8 Å². The number of rotatable bonds is 5. The van der Waals surface area contributed by atoms with Crippen LogP contribution in [0.3, 0.4) is 0 Å². The number of sulfonamides is 1. The fourth-order valence-corrected chi connectivity index (χ4v) is 3.59. The van der Waals surface area contributed by atoms with Gasteiger partial charge < -0.3 is 10.2 Å². The minimum Gasteiger partial charge on any atom is -0.469 e. The Morgan fingerprint density at radius 1 is 1.29 bits per heavy atom. The minimum absolute atomic E-state index is 0.122. The number of furan rings is 1. The summed E-state index contributed by atoms with van der Waals surface area (Å²) in [4.78, 5) is 0.122. The summed E-state index contributed by atoms with van der Waals surface area (Å²) in [7, 11) is -3.65. The molecular weight excluding hydrogens is 288 g/mol. The number of hydrogen-bond donors (Lipinski definition) is 2. The predicted molar refractivity (Wildman–Crippen MR) is 82.5 cm³/mol. The van der Waals surface area contributed by atoms with Crippen molar-refractivity contribution in [3.8, 4) is 0 Å². The molecule has 0 saturated carbocycles. The number of nitrogen functional groups attached to an aromatic ring is 1. The molecule has 0 aliphatic carbocycles. The molecule has 1 aromatic carbocycles. The van der Waals surface area contributed by atoms with Gasteiger partial charge in [0.15, 0.2) is 0 Å². The second-order valence-corrected chi connectivity index (χ2v) is 6.96. The van der Waals surface area contributed by atoms with Crippen molar-refractivity contribution < 1.29 is 12.8 Å². The first kappa shape index (κ1) is 15.6. The number of hydrogen-bond acceptors (Lipinski definition) is 4. The summed E-state index contributed by atoms with van der Waals surface area (Å²) in [6.45, 7) is 5.55. The van der Waals surface area contributed by atoms with Crippen LogP contribution in [0.5, 0.6) is 0 Å². The van der Waals surface area contributed by atoms with E-state index in [0.29, 0.717) is 6.42 Å². The molecule has 2 aromatic rings. The van der Waals surface area contributed by atoms with Gasteiger partial charge in [0.05, 0.1) is 12.0 Å². The Balaban J connectivity index is 2.20. The van der Waals surface area contributed by atoms with Gasteiger partial charge in [0.25, 0.3) is 0 Å². The zero-order chi connectivity index (χ0) is 15.6. The Hall–Kier alpha value is -1.79. The monoisotopic (exact) mass is 308 g/mol. The molecule has 0 fully saturated rings. The summed E-state index contributed by atoms with van der Waals surface area (Å²) in [6.07, 6.45) is 2.05. The maximum atomic E-state index is 12.4. The number of nitrogens with one attached hydrogen (secondary N) is 1. The first-order valence-corrected chi connectivity index (χ1v) is 8.19. The van der Waals surface area contributed by atoms with Crippen LogP contribution in [0.25, 0.3) is 0 Å². The molecule has 0 aliphatic rings. The van der Waals surface area contributed by atoms with E-state index >= 15 is 0 Å². The predicted octanol–water partition coefficient (Wildman–Crippen LogP) is 2.39. The van der Waals surface area contributed by atoms with Gasteiger partial charge in [-0.1, -0.05) is 0 Å². The standard InChI is InChI=1S/C15H20N2O3S/c1-10-7-14(16)15(8-11(10)2)21(18,19)17-12(3)9-13-5-4-6-20-13/h4-8,12,17H,9,16H2,1-3H3. The van der Waals surface area contributed by atoms with E-state index in [1.54, 1.807) is 31.4 Å². The Kier molecular flexibility index (Phi) is 4.39. The molecule has 0 amide bonds. The first-order chi connectivity index (χ1) is 9.79. The van der Waals surface area contributed by atoms with E-state index in [1.807, 2.05) is 19.9 Å². The van der Waals surface area contributed by atoms with Crippen LogP contribution in [-0.2, 0) is 16.4 Å². The van der Waals surface area contributed by atoms with E-state index in [1.165, 1.54) is 0 Å². The van der Waals surface area contributed by atoms with Gasteiger partial charge in [0, 0.05) is 12.5 Å². The molecule has 3 N–H and O–H groups in total. The van der Waals surface area contributed by atoms with Crippen LogP contribution < -0.4 is 10.5 Å². The maximum Gasteiger partial charge on any atom is 0.242 e. The fraction of sp³-hybridized carbons (Fsp3) is 0.333. The van der Waals surface area contributed by atoms with Crippen LogP contribution in [0.4, 0.5) is 5.69 Å². The molecule has 1 atom stereocenters.